The van der Waals surface area contributed by atoms with E-state index >= 15 is 0 Å². The highest BCUT2D eigenvalue weighted by atomic mass is 35.5. The minimum Gasteiger partial charge on any atom is -0.440 e. The van der Waals surface area contributed by atoms with E-state index in [0.717, 1.165) is 6.42 Å². The van der Waals surface area contributed by atoms with Gasteiger partial charge in [0.1, 0.15) is 0 Å². The molecular formula is C9H10ClNO2. The molecule has 1 aromatic rings. The fraction of sp³-hybridized carbons (Fsp3) is 0.222. The number of nitrogens with one attached hydrogen (secondary N) is 1. The standard InChI is InChI=1S/C9H10ClNO2/c1-2-3-6-11-9(12)7-4-5-8(10)13-7/h2,4-5H,1,3,6H2,(H,11,12). The van der Waals surface area contributed by atoms with Crippen molar-refractivity contribution in [3.63, 3.8) is 0 Å². The van der Waals surface area contributed by atoms with Crippen molar-refractivity contribution in [2.75, 3.05) is 6.54 Å². The zero-order valence-corrected chi connectivity index (χ0v) is 7.80. The Morgan fingerprint density at radius 1 is 1.69 bits per heavy atom. The lowest BCUT2D eigenvalue weighted by Crippen LogP contribution is -2.23. The van der Waals surface area contributed by atoms with Crippen LogP contribution in [0.1, 0.15) is 17.0 Å². The molecule has 0 aliphatic heterocycles. The molecule has 1 N–H and O–H groups in total. The average Bonchev–Trinajstić information content (AvgIpc) is 2.52. The molecule has 13 heavy (non-hydrogen) atoms. The van der Waals surface area contributed by atoms with E-state index in [1.807, 2.05) is 0 Å². The Balaban J connectivity index is 2.44. The smallest absolute Gasteiger partial charge is 0.287 e. The summed E-state index contributed by atoms with van der Waals surface area (Å²) in [7, 11) is 0. The molecule has 0 atom stereocenters. The molecule has 0 fully saturated rings. The Bertz CT molecular complexity index is 306. The first-order valence-corrected chi connectivity index (χ1v) is 4.26. The quantitative estimate of drug-likeness (QED) is 0.597. The number of amides is 1. The predicted octanol–water partition coefficient (Wildman–Crippen LogP) is 2.24. The molecule has 3 nitrogen and oxygen atoms in total. The summed E-state index contributed by atoms with van der Waals surface area (Å²) in [4.78, 5) is 11.2. The summed E-state index contributed by atoms with van der Waals surface area (Å²) in [5.74, 6) is -0.0252. The van der Waals surface area contributed by atoms with Crippen LogP contribution in [0.25, 0.3) is 0 Å². The van der Waals surface area contributed by atoms with Crippen molar-refractivity contribution in [3.8, 4) is 0 Å². The average molecular weight is 200 g/mol. The SMILES string of the molecule is C=CCCNC(=O)c1ccc(Cl)o1. The van der Waals surface area contributed by atoms with E-state index in [1.165, 1.54) is 12.1 Å². The number of hydrogen-bond donors (Lipinski definition) is 1. The summed E-state index contributed by atoms with van der Waals surface area (Å²) in [5.41, 5.74) is 0. The normalized spacial score (nSPS) is 9.62. The van der Waals surface area contributed by atoms with Crippen LogP contribution < -0.4 is 5.32 Å². The minimum absolute atomic E-state index is 0.217. The molecule has 4 heteroatoms. The lowest BCUT2D eigenvalue weighted by Gasteiger charge is -1.98. The minimum atomic E-state index is -0.256. The Morgan fingerprint density at radius 2 is 2.46 bits per heavy atom. The second-order valence-corrected chi connectivity index (χ2v) is 2.81. The van der Waals surface area contributed by atoms with Crippen LogP contribution in [-0.2, 0) is 0 Å². The fourth-order valence-corrected chi connectivity index (χ4v) is 0.957. The summed E-state index contributed by atoms with van der Waals surface area (Å²) in [6.45, 7) is 4.09. The molecule has 0 aliphatic rings. The molecule has 1 rings (SSSR count). The van der Waals surface area contributed by atoms with Gasteiger partial charge in [0.05, 0.1) is 0 Å². The zero-order valence-electron chi connectivity index (χ0n) is 7.05. The maximum absolute atomic E-state index is 11.2. The van der Waals surface area contributed by atoms with E-state index in [4.69, 9.17) is 16.0 Å². The first-order valence-electron chi connectivity index (χ1n) is 3.88. The van der Waals surface area contributed by atoms with Gasteiger partial charge < -0.3 is 9.73 Å². The molecule has 1 heterocycles. The van der Waals surface area contributed by atoms with E-state index in [1.54, 1.807) is 6.08 Å². The maximum atomic E-state index is 11.2. The van der Waals surface area contributed by atoms with Gasteiger partial charge in [-0.25, -0.2) is 0 Å². The van der Waals surface area contributed by atoms with Crippen molar-refractivity contribution >= 4 is 17.5 Å². The van der Waals surface area contributed by atoms with Crippen LogP contribution >= 0.6 is 11.6 Å². The first kappa shape index (κ1) is 9.86. The predicted molar refractivity (Wildman–Crippen MR) is 50.9 cm³/mol. The van der Waals surface area contributed by atoms with E-state index in [-0.39, 0.29) is 16.9 Å². The van der Waals surface area contributed by atoms with E-state index in [2.05, 4.69) is 11.9 Å². The summed E-state index contributed by atoms with van der Waals surface area (Å²) >= 11 is 5.50. The van der Waals surface area contributed by atoms with Gasteiger partial charge in [0.15, 0.2) is 11.0 Å². The lowest BCUT2D eigenvalue weighted by molar-refractivity contribution is 0.0927. The van der Waals surface area contributed by atoms with Gasteiger partial charge in [-0.1, -0.05) is 6.08 Å². The van der Waals surface area contributed by atoms with Crippen molar-refractivity contribution < 1.29 is 9.21 Å². The van der Waals surface area contributed by atoms with Gasteiger partial charge in [0.2, 0.25) is 0 Å². The van der Waals surface area contributed by atoms with E-state index in [0.29, 0.717) is 6.54 Å². The molecule has 1 amide bonds. The number of rotatable bonds is 4. The van der Waals surface area contributed by atoms with Crippen LogP contribution in [0, 0.1) is 0 Å². The highest BCUT2D eigenvalue weighted by molar-refractivity contribution is 6.29. The zero-order chi connectivity index (χ0) is 9.68. The van der Waals surface area contributed by atoms with Gasteiger partial charge in [0, 0.05) is 6.54 Å². The maximum Gasteiger partial charge on any atom is 0.287 e. The number of carbonyl (C=O) groups excluding carboxylic acids is 1. The van der Waals surface area contributed by atoms with Crippen molar-refractivity contribution in [2.24, 2.45) is 0 Å². The Labute approximate surface area is 81.4 Å². The highest BCUT2D eigenvalue weighted by Gasteiger charge is 2.08. The summed E-state index contributed by atoms with van der Waals surface area (Å²) < 4.78 is 4.90. The summed E-state index contributed by atoms with van der Waals surface area (Å²) in [5, 5.41) is 2.87. The second kappa shape index (κ2) is 4.72. The molecule has 0 saturated carbocycles. The number of carbonyl (C=O) groups is 1. The number of furan rings is 1. The molecule has 0 spiro atoms. The molecule has 0 bridgehead atoms. The monoisotopic (exact) mass is 199 g/mol. The highest BCUT2D eigenvalue weighted by Crippen LogP contribution is 2.12. The Hall–Kier alpha value is -1.22. The van der Waals surface area contributed by atoms with Crippen molar-refractivity contribution in [2.45, 2.75) is 6.42 Å². The van der Waals surface area contributed by atoms with Crippen LogP contribution in [0.3, 0.4) is 0 Å². The topological polar surface area (TPSA) is 42.2 Å². The molecule has 0 saturated heterocycles. The van der Waals surface area contributed by atoms with Gasteiger partial charge in [-0.15, -0.1) is 6.58 Å². The number of hydrogen-bond acceptors (Lipinski definition) is 2. The molecule has 0 radical (unpaired) electrons. The number of halogens is 1. The first-order chi connectivity index (χ1) is 6.24. The van der Waals surface area contributed by atoms with Crippen LogP contribution in [0.15, 0.2) is 29.2 Å². The largest absolute Gasteiger partial charge is 0.440 e. The van der Waals surface area contributed by atoms with Crippen molar-refractivity contribution in [1.82, 2.24) is 5.32 Å². The van der Waals surface area contributed by atoms with Crippen LogP contribution in [0.4, 0.5) is 0 Å². The Kier molecular flexibility index (Phi) is 3.58. The molecular weight excluding hydrogens is 190 g/mol. The van der Waals surface area contributed by atoms with Gasteiger partial charge >= 0.3 is 0 Å². The summed E-state index contributed by atoms with van der Waals surface area (Å²) in [6.07, 6.45) is 2.47. The van der Waals surface area contributed by atoms with Gasteiger partial charge in [0.25, 0.3) is 5.91 Å². The van der Waals surface area contributed by atoms with Crippen LogP contribution in [0.2, 0.25) is 5.22 Å². The van der Waals surface area contributed by atoms with Crippen LogP contribution in [-0.4, -0.2) is 12.5 Å². The molecule has 70 valence electrons. The fourth-order valence-electron chi connectivity index (χ4n) is 0.811. The lowest BCUT2D eigenvalue weighted by atomic mass is 10.4. The third-order valence-electron chi connectivity index (χ3n) is 1.43. The van der Waals surface area contributed by atoms with Gasteiger partial charge in [-0.3, -0.25) is 4.79 Å². The van der Waals surface area contributed by atoms with Crippen molar-refractivity contribution in [1.29, 1.82) is 0 Å². The van der Waals surface area contributed by atoms with E-state index in [9.17, 15) is 4.79 Å². The van der Waals surface area contributed by atoms with E-state index < -0.39 is 0 Å². The molecule has 1 aromatic heterocycles. The van der Waals surface area contributed by atoms with Crippen molar-refractivity contribution in [3.05, 3.63) is 35.8 Å². The summed E-state index contributed by atoms with van der Waals surface area (Å²) in [6, 6.07) is 3.07. The second-order valence-electron chi connectivity index (χ2n) is 2.44. The third kappa shape index (κ3) is 2.95. The third-order valence-corrected chi connectivity index (χ3v) is 1.63. The molecule has 0 aromatic carbocycles. The van der Waals surface area contributed by atoms with Gasteiger partial charge in [-0.05, 0) is 30.2 Å². The van der Waals surface area contributed by atoms with Crippen LogP contribution in [0.5, 0.6) is 0 Å². The molecule has 0 unspecified atom stereocenters. The Morgan fingerprint density at radius 3 is 3.00 bits per heavy atom. The van der Waals surface area contributed by atoms with Gasteiger partial charge in [-0.2, -0.15) is 0 Å². The molecule has 0 aliphatic carbocycles.